The van der Waals surface area contributed by atoms with Crippen LogP contribution < -0.4 is 5.32 Å². The number of hydrogen-bond donors (Lipinski definition) is 1. The Morgan fingerprint density at radius 2 is 2.10 bits per heavy atom. The molecule has 0 aliphatic rings. The molecule has 0 heterocycles. The van der Waals surface area contributed by atoms with Crippen LogP contribution in [0.4, 0.5) is 10.1 Å². The molecule has 0 radical (unpaired) electrons. The maximum atomic E-state index is 13.2. The number of nitriles is 1. The van der Waals surface area contributed by atoms with E-state index in [2.05, 4.69) is 21.2 Å². The van der Waals surface area contributed by atoms with Gasteiger partial charge in [0.15, 0.2) is 0 Å². The minimum absolute atomic E-state index is 0.346. The SMILES string of the molecule is Cc1cc(Br)c(NCc2cc(F)ccc2C#N)cc1Cl. The average Bonchev–Trinajstić information content (AvgIpc) is 2.41. The molecule has 0 atom stereocenters. The third-order valence-electron chi connectivity index (χ3n) is 2.91. The number of anilines is 1. The number of aryl methyl sites for hydroxylation is 1. The van der Waals surface area contributed by atoms with Gasteiger partial charge in [-0.2, -0.15) is 5.26 Å². The van der Waals surface area contributed by atoms with Crippen molar-refractivity contribution in [3.8, 4) is 6.07 Å². The molecule has 20 heavy (non-hydrogen) atoms. The zero-order chi connectivity index (χ0) is 14.7. The Morgan fingerprint density at radius 3 is 2.80 bits per heavy atom. The highest BCUT2D eigenvalue weighted by Gasteiger charge is 2.07. The van der Waals surface area contributed by atoms with Crippen LogP contribution in [0.1, 0.15) is 16.7 Å². The maximum absolute atomic E-state index is 13.2. The predicted molar refractivity (Wildman–Crippen MR) is 82.3 cm³/mol. The third kappa shape index (κ3) is 3.30. The Morgan fingerprint density at radius 1 is 1.35 bits per heavy atom. The molecule has 0 spiro atoms. The Kier molecular flexibility index (Phi) is 4.64. The molecular weight excluding hydrogens is 343 g/mol. The molecule has 0 aromatic heterocycles. The summed E-state index contributed by atoms with van der Waals surface area (Å²) in [5.74, 6) is -0.359. The lowest BCUT2D eigenvalue weighted by Crippen LogP contribution is -2.03. The van der Waals surface area contributed by atoms with Crippen molar-refractivity contribution in [3.05, 3.63) is 62.3 Å². The normalized spacial score (nSPS) is 10.2. The highest BCUT2D eigenvalue weighted by atomic mass is 79.9. The van der Waals surface area contributed by atoms with E-state index in [4.69, 9.17) is 16.9 Å². The quantitative estimate of drug-likeness (QED) is 0.839. The van der Waals surface area contributed by atoms with Crippen molar-refractivity contribution in [2.45, 2.75) is 13.5 Å². The molecule has 0 saturated heterocycles. The summed E-state index contributed by atoms with van der Waals surface area (Å²) in [7, 11) is 0. The fourth-order valence-corrected chi connectivity index (χ4v) is 2.55. The summed E-state index contributed by atoms with van der Waals surface area (Å²) in [4.78, 5) is 0. The molecule has 2 nitrogen and oxygen atoms in total. The number of nitrogens with one attached hydrogen (secondary N) is 1. The monoisotopic (exact) mass is 352 g/mol. The number of benzene rings is 2. The van der Waals surface area contributed by atoms with Crippen LogP contribution in [0.3, 0.4) is 0 Å². The van der Waals surface area contributed by atoms with E-state index in [9.17, 15) is 4.39 Å². The van der Waals surface area contributed by atoms with Crippen molar-refractivity contribution >= 4 is 33.2 Å². The molecule has 2 aromatic rings. The first-order valence-electron chi connectivity index (χ1n) is 5.89. The van der Waals surface area contributed by atoms with Crippen molar-refractivity contribution in [2.75, 3.05) is 5.32 Å². The second-order valence-corrected chi connectivity index (χ2v) is 5.61. The van der Waals surface area contributed by atoms with Gasteiger partial charge in [-0.15, -0.1) is 0 Å². The van der Waals surface area contributed by atoms with E-state index in [0.717, 1.165) is 15.7 Å². The lowest BCUT2D eigenvalue weighted by molar-refractivity contribution is 0.625. The maximum Gasteiger partial charge on any atom is 0.123 e. The van der Waals surface area contributed by atoms with Crippen molar-refractivity contribution in [2.24, 2.45) is 0 Å². The summed E-state index contributed by atoms with van der Waals surface area (Å²) in [6, 6.07) is 9.86. The second kappa shape index (κ2) is 6.25. The van der Waals surface area contributed by atoms with Crippen molar-refractivity contribution < 1.29 is 4.39 Å². The van der Waals surface area contributed by atoms with Crippen LogP contribution in [0.2, 0.25) is 5.02 Å². The molecule has 0 aliphatic heterocycles. The van der Waals surface area contributed by atoms with Gasteiger partial charge in [-0.1, -0.05) is 11.6 Å². The van der Waals surface area contributed by atoms with Gasteiger partial charge in [-0.3, -0.25) is 0 Å². The van der Waals surface area contributed by atoms with Gasteiger partial charge in [-0.25, -0.2) is 4.39 Å². The summed E-state index contributed by atoms with van der Waals surface area (Å²) in [6.07, 6.45) is 0. The average molecular weight is 354 g/mol. The second-order valence-electron chi connectivity index (χ2n) is 4.35. The molecule has 1 N–H and O–H groups in total. The zero-order valence-corrected chi connectivity index (χ0v) is 13.0. The minimum Gasteiger partial charge on any atom is -0.380 e. The van der Waals surface area contributed by atoms with E-state index in [-0.39, 0.29) is 5.82 Å². The standard InChI is InChI=1S/C15H11BrClFN2/c1-9-4-13(16)15(6-14(9)17)20-8-11-5-12(18)3-2-10(11)7-19/h2-6,20H,8H2,1H3. The number of hydrogen-bond acceptors (Lipinski definition) is 2. The molecule has 102 valence electrons. The largest absolute Gasteiger partial charge is 0.380 e. The first kappa shape index (κ1) is 14.8. The zero-order valence-electron chi connectivity index (χ0n) is 10.7. The van der Waals surface area contributed by atoms with Gasteiger partial charge in [0.2, 0.25) is 0 Å². The summed E-state index contributed by atoms with van der Waals surface area (Å²) in [6.45, 7) is 2.26. The number of rotatable bonds is 3. The summed E-state index contributed by atoms with van der Waals surface area (Å²) in [5.41, 5.74) is 2.82. The van der Waals surface area contributed by atoms with E-state index in [1.54, 1.807) is 6.07 Å². The lowest BCUT2D eigenvalue weighted by Gasteiger charge is -2.11. The molecule has 0 aliphatic carbocycles. The Labute approximate surface area is 130 Å². The first-order valence-corrected chi connectivity index (χ1v) is 7.06. The molecule has 0 amide bonds. The molecule has 5 heteroatoms. The summed E-state index contributed by atoms with van der Waals surface area (Å²) in [5, 5.41) is 12.8. The van der Waals surface area contributed by atoms with E-state index >= 15 is 0 Å². The fraction of sp³-hybridized carbons (Fsp3) is 0.133. The van der Waals surface area contributed by atoms with Crippen molar-refractivity contribution in [1.82, 2.24) is 0 Å². The van der Waals surface area contributed by atoms with Crippen LogP contribution in [0, 0.1) is 24.1 Å². The van der Waals surface area contributed by atoms with E-state index < -0.39 is 0 Å². The van der Waals surface area contributed by atoms with Crippen molar-refractivity contribution in [3.63, 3.8) is 0 Å². The first-order chi connectivity index (χ1) is 9.51. The van der Waals surface area contributed by atoms with Gasteiger partial charge in [0.05, 0.1) is 17.3 Å². The fourth-order valence-electron chi connectivity index (χ4n) is 1.79. The molecule has 0 fully saturated rings. The topological polar surface area (TPSA) is 35.8 Å². The molecule has 0 saturated carbocycles. The molecule has 0 bridgehead atoms. The number of halogens is 3. The Balaban J connectivity index is 2.23. The van der Waals surface area contributed by atoms with Gasteiger partial charge in [-0.05, 0) is 64.3 Å². The lowest BCUT2D eigenvalue weighted by atomic mass is 10.1. The van der Waals surface area contributed by atoms with Gasteiger partial charge in [0, 0.05) is 16.0 Å². The molecule has 2 aromatic carbocycles. The van der Waals surface area contributed by atoms with E-state index in [1.807, 2.05) is 19.1 Å². The van der Waals surface area contributed by atoms with Gasteiger partial charge in [0.1, 0.15) is 5.82 Å². The van der Waals surface area contributed by atoms with Crippen LogP contribution in [0.15, 0.2) is 34.8 Å². The molecule has 0 unspecified atom stereocenters. The number of nitrogens with zero attached hydrogens (tertiary/aromatic N) is 1. The summed E-state index contributed by atoms with van der Waals surface area (Å²) >= 11 is 9.52. The van der Waals surface area contributed by atoms with Crippen LogP contribution in [0.5, 0.6) is 0 Å². The van der Waals surface area contributed by atoms with Gasteiger partial charge < -0.3 is 5.32 Å². The molecular formula is C15H11BrClFN2. The smallest absolute Gasteiger partial charge is 0.123 e. The van der Waals surface area contributed by atoms with Crippen LogP contribution in [-0.2, 0) is 6.54 Å². The van der Waals surface area contributed by atoms with E-state index in [1.165, 1.54) is 18.2 Å². The summed E-state index contributed by atoms with van der Waals surface area (Å²) < 4.78 is 14.1. The van der Waals surface area contributed by atoms with Crippen LogP contribution >= 0.6 is 27.5 Å². The minimum atomic E-state index is -0.359. The highest BCUT2D eigenvalue weighted by Crippen LogP contribution is 2.29. The highest BCUT2D eigenvalue weighted by molar-refractivity contribution is 9.10. The van der Waals surface area contributed by atoms with Crippen LogP contribution in [0.25, 0.3) is 0 Å². The third-order valence-corrected chi connectivity index (χ3v) is 3.97. The van der Waals surface area contributed by atoms with Crippen LogP contribution in [-0.4, -0.2) is 0 Å². The Hall–Kier alpha value is -1.57. The van der Waals surface area contributed by atoms with Crippen molar-refractivity contribution in [1.29, 1.82) is 5.26 Å². The Bertz CT molecular complexity index is 695. The van der Waals surface area contributed by atoms with Gasteiger partial charge >= 0.3 is 0 Å². The van der Waals surface area contributed by atoms with E-state index in [0.29, 0.717) is 22.7 Å². The van der Waals surface area contributed by atoms with Gasteiger partial charge in [0.25, 0.3) is 0 Å². The predicted octanol–water partition coefficient (Wildman–Crippen LogP) is 5.03. The molecule has 2 rings (SSSR count).